The van der Waals surface area contributed by atoms with Crippen LogP contribution in [-0.4, -0.2) is 106 Å². The van der Waals surface area contributed by atoms with Crippen molar-refractivity contribution < 1.29 is 52.7 Å². The van der Waals surface area contributed by atoms with E-state index in [4.69, 9.17) is 4.74 Å². The Hall–Kier alpha value is -5.50. The number of Topliss-reactive ketones (excluding diaryl/α,β-unsaturated/α-hetero) is 2. The van der Waals surface area contributed by atoms with Gasteiger partial charge in [0.2, 0.25) is 0 Å². The van der Waals surface area contributed by atoms with Crippen LogP contribution >= 0.6 is 0 Å². The van der Waals surface area contributed by atoms with Crippen molar-refractivity contribution in [1.29, 1.82) is 0 Å². The molecule has 4 heterocycles. The highest BCUT2D eigenvalue weighted by atomic mass is 19.4. The van der Waals surface area contributed by atoms with Crippen LogP contribution in [0.25, 0.3) is 0 Å². The molecule has 16 nitrogen and oxygen atoms in total. The van der Waals surface area contributed by atoms with E-state index in [1.54, 1.807) is 24.7 Å². The van der Waals surface area contributed by atoms with Crippen molar-refractivity contribution in [1.82, 2.24) is 39.1 Å². The minimum absolute atomic E-state index is 0.0235. The number of alkyl halides is 3. The maximum absolute atomic E-state index is 13.4. The molecule has 0 aliphatic heterocycles. The summed E-state index contributed by atoms with van der Waals surface area (Å²) in [7, 11) is 0. The van der Waals surface area contributed by atoms with Gasteiger partial charge in [0.15, 0.2) is 17.3 Å². The van der Waals surface area contributed by atoms with Gasteiger partial charge in [-0.25, -0.2) is 4.79 Å². The zero-order chi connectivity index (χ0) is 88.6. The number of ether oxygens (including phenoxy) is 1. The number of fused-ring (bicyclic) bond motifs is 20. The summed E-state index contributed by atoms with van der Waals surface area (Å²) in [6.45, 7) is 39.7. The number of hydrogen-bond donors (Lipinski definition) is 4. The number of hydrogen-bond acceptors (Lipinski definition) is 12. The molecule has 16 fully saturated rings. The lowest BCUT2D eigenvalue weighted by Gasteiger charge is -2.57. The minimum Gasteiger partial charge on any atom is -0.462 e. The van der Waals surface area contributed by atoms with Gasteiger partial charge < -0.3 is 25.2 Å². The van der Waals surface area contributed by atoms with Gasteiger partial charge in [-0.3, -0.25) is 28.3 Å². The fourth-order valence-corrected chi connectivity index (χ4v) is 34.6. The van der Waals surface area contributed by atoms with E-state index in [1.165, 1.54) is 188 Å². The lowest BCUT2D eigenvalue weighted by Crippen LogP contribution is -2.51. The van der Waals surface area contributed by atoms with Gasteiger partial charge in [0.1, 0.15) is 5.69 Å². The summed E-state index contributed by atoms with van der Waals surface area (Å²) in [5.74, 6) is 17.4. The Kier molecular flexibility index (Phi) is 25.5. The molecule has 0 bridgehead atoms. The monoisotopic (exact) mass is 1730 g/mol. The zero-order valence-corrected chi connectivity index (χ0v) is 78.2. The van der Waals surface area contributed by atoms with Crippen molar-refractivity contribution in [2.24, 2.45) is 164 Å². The highest BCUT2D eigenvalue weighted by Crippen LogP contribution is 2.71. The highest BCUT2D eigenvalue weighted by molar-refractivity contribution is 5.92. The van der Waals surface area contributed by atoms with Crippen LogP contribution in [0.5, 0.6) is 0 Å². The molecule has 16 saturated carbocycles. The molecule has 690 valence electrons. The lowest BCUT2D eigenvalue weighted by atomic mass is 9.49. The second kappa shape index (κ2) is 34.9. The Labute approximate surface area is 745 Å². The second-order valence-electron chi connectivity index (χ2n) is 47.5. The molecule has 0 unspecified atom stereocenters. The number of rotatable bonds is 15. The molecular weight excluding hydrogens is 1570 g/mol. The van der Waals surface area contributed by atoms with Crippen LogP contribution in [0, 0.1) is 171 Å². The van der Waals surface area contributed by atoms with E-state index >= 15 is 0 Å². The van der Waals surface area contributed by atoms with E-state index in [2.05, 4.69) is 99.3 Å². The van der Waals surface area contributed by atoms with Crippen molar-refractivity contribution in [2.45, 2.75) is 362 Å². The average Bonchev–Trinajstić information content (AvgIpc) is 1.64. The second-order valence-corrected chi connectivity index (χ2v) is 47.5. The van der Waals surface area contributed by atoms with Crippen LogP contribution in [0.15, 0.2) is 85.6 Å². The molecule has 4 aromatic rings. The van der Waals surface area contributed by atoms with Crippen molar-refractivity contribution in [2.75, 3.05) is 6.61 Å². The normalized spacial score (nSPS) is 44.2. The van der Waals surface area contributed by atoms with E-state index < -0.39 is 34.3 Å². The van der Waals surface area contributed by atoms with Crippen LogP contribution in [0.4, 0.5) is 13.2 Å². The summed E-state index contributed by atoms with van der Waals surface area (Å²) >= 11 is 0. The fraction of sp³-hybridized carbons (Fsp3) is 0.802. The number of allylic oxidation sites excluding steroid dienone is 3. The van der Waals surface area contributed by atoms with Gasteiger partial charge >= 0.3 is 12.1 Å². The van der Waals surface area contributed by atoms with Gasteiger partial charge in [-0.1, -0.05) is 64.2 Å². The Morgan fingerprint density at radius 3 is 1.14 bits per heavy atom. The summed E-state index contributed by atoms with van der Waals surface area (Å²) in [4.78, 5) is 37.0. The van der Waals surface area contributed by atoms with E-state index in [1.807, 2.05) is 37.0 Å². The summed E-state index contributed by atoms with van der Waals surface area (Å²) in [6, 6.07) is 4.97. The Morgan fingerprint density at radius 1 is 0.432 bits per heavy atom. The Bertz CT molecular complexity index is 4560. The van der Waals surface area contributed by atoms with Gasteiger partial charge in [-0.05, 0) is 449 Å². The van der Waals surface area contributed by atoms with E-state index in [9.17, 15) is 48.0 Å². The molecule has 16 aliphatic rings. The van der Waals surface area contributed by atoms with Crippen molar-refractivity contribution in [3.63, 3.8) is 0 Å². The molecule has 4 aromatic heterocycles. The maximum Gasteiger partial charge on any atom is 0.435 e. The number of ketones is 2. The molecule has 125 heavy (non-hydrogen) atoms. The number of carbonyl (C=O) groups is 3. The third-order valence-corrected chi connectivity index (χ3v) is 40.2. The van der Waals surface area contributed by atoms with E-state index in [0.29, 0.717) is 76.7 Å². The summed E-state index contributed by atoms with van der Waals surface area (Å²) in [5, 5.41) is 59.4. The summed E-state index contributed by atoms with van der Waals surface area (Å²) in [6.07, 6.45) is 47.3. The summed E-state index contributed by atoms with van der Waals surface area (Å²) in [5.41, 5.74) is 4.40. The molecule has 16 aliphatic carbocycles. The number of carbonyl (C=O) groups excluding carboxylic acids is 3. The summed E-state index contributed by atoms with van der Waals surface area (Å²) < 4.78 is 50.9. The number of aryl methyl sites for hydroxylation is 1. The average molecular weight is 1730 g/mol. The molecule has 0 aromatic carbocycles. The van der Waals surface area contributed by atoms with Crippen LogP contribution < -0.4 is 0 Å². The molecule has 19 heteroatoms. The minimum atomic E-state index is -4.40. The number of nitrogens with zero attached hydrogens (tertiary/aromatic N) is 8. The molecule has 0 radical (unpaired) electrons. The third-order valence-electron chi connectivity index (χ3n) is 40.2. The fourth-order valence-electron chi connectivity index (χ4n) is 34.6. The Morgan fingerprint density at radius 2 is 0.792 bits per heavy atom. The standard InChI is InChI=1S/C27H40N2O4.C27H40N2O2.C26H37F3N2O.C26H40N2O/c1-4-33-25(31)18-14-28-29(15-18)16-24(30)23-8-7-22-21-6-5-17-13-26(2,32)11-9-19(17)20(21)10-12-27(22,23)3;1-17(16-29-14-11-25(28-29)18(2)30)23-7-8-24-22-6-5-19-15-26(3,31)12-9-20(19)21(22)10-13-27(23,24)4;1-16(15-31-13-10-23(30-31)26(27,28)29)21-6-7-22-20-5-4-17-14-24(2,32)11-8-18(17)19(20)9-12-25(21,22)3;1-17(16-28-18(2)11-14-27-28)23-7-8-24-22-6-5-19-15-25(3,29)12-9-20(19)21(22)10-13-26(23,24)4/h14-15,17,19-23,32H,4-13,16H2,1-3H3;11,14,19-24,31H,1,5-10,12-13,15-16H2,2-4H3;10,13,17-22,32H,1,4-9,11-12,14-15H2,2-3H3;11,14,19-24,29H,1,5-10,12-13,15-16H2,2-4H3/t17-,19-,20+,21+,22-,23+,26+,27-;19-,20-,21+,22+,23+,24-,26+,27+;17-,18-,19+,20+,21+,22-,24+,25+;19-,20-,21+,22+,23+,24-,25+,26+/m0000/s1. The molecule has 0 spiro atoms. The molecule has 32 atom stereocenters. The predicted molar refractivity (Wildman–Crippen MR) is 482 cm³/mol. The third kappa shape index (κ3) is 17.8. The zero-order valence-electron chi connectivity index (χ0n) is 78.2. The van der Waals surface area contributed by atoms with Crippen molar-refractivity contribution in [3.8, 4) is 0 Å². The maximum atomic E-state index is 13.4. The highest BCUT2D eigenvalue weighted by Gasteiger charge is 2.64. The van der Waals surface area contributed by atoms with Gasteiger partial charge in [-0.15, -0.1) is 0 Å². The SMILES string of the molecule is C=C(Cn1ccc(C(C)=O)n1)[C@H]1CC[C@H]2[C@@H]3CC[C@H]4C[C@](C)(O)CC[C@@H]4[C@H]3CC[C@]12C.C=C(Cn1ccc(C(F)(F)F)n1)[C@H]1CC[C@H]2[C@@H]3CC[C@H]4C[C@](C)(O)CC[C@@H]4[C@H]3CC[C@]12C.C=C(Cn1nccc1C)[C@H]1CC[C@H]2[C@@H]3CC[C@H]4C[C@](C)(O)CC[C@@H]4[C@H]3CC[C@]12C.CCOC(=O)c1cnn(CC(=O)[C@H]2CC[C@H]3[C@@H]4CC[C@H]5C[C@](C)(O)CC[C@@H]5[C@H]4CC[C@]23C)c1. The van der Waals surface area contributed by atoms with Crippen LogP contribution in [0.3, 0.4) is 0 Å². The van der Waals surface area contributed by atoms with Gasteiger partial charge in [0.05, 0.1) is 67.0 Å². The van der Waals surface area contributed by atoms with Gasteiger partial charge in [0, 0.05) is 43.3 Å². The van der Waals surface area contributed by atoms with Gasteiger partial charge in [-0.2, -0.15) is 33.6 Å². The first kappa shape index (κ1) is 91.4. The largest absolute Gasteiger partial charge is 0.462 e. The first-order valence-corrected chi connectivity index (χ1v) is 50.4. The van der Waals surface area contributed by atoms with E-state index in [-0.39, 0.29) is 40.8 Å². The molecule has 20 rings (SSSR count). The first-order valence-electron chi connectivity index (χ1n) is 50.4. The van der Waals surface area contributed by atoms with Crippen molar-refractivity contribution in [3.05, 3.63) is 108 Å². The number of aliphatic hydroxyl groups is 4. The van der Waals surface area contributed by atoms with Crippen LogP contribution in [0.2, 0.25) is 0 Å². The quantitative estimate of drug-likeness (QED) is 0.0497. The molecular formula is C106H157F3N8O8. The smallest absolute Gasteiger partial charge is 0.435 e. The first-order chi connectivity index (χ1) is 59.2. The topological polar surface area (TPSA) is 213 Å². The number of halogens is 3. The predicted octanol–water partition coefficient (Wildman–Crippen LogP) is 22.6. The van der Waals surface area contributed by atoms with Crippen LogP contribution in [0.1, 0.15) is 333 Å². The van der Waals surface area contributed by atoms with Crippen LogP contribution in [-0.2, 0) is 41.9 Å². The Balaban J connectivity index is 0.000000118. The molecule has 0 saturated heterocycles. The molecule has 4 N–H and O–H groups in total. The van der Waals surface area contributed by atoms with Crippen molar-refractivity contribution >= 4 is 17.5 Å². The number of esters is 1. The number of aromatic nitrogens is 8. The van der Waals surface area contributed by atoms with Gasteiger partial charge in [0.25, 0.3) is 0 Å². The van der Waals surface area contributed by atoms with E-state index in [0.717, 1.165) is 196 Å². The lowest BCUT2D eigenvalue weighted by molar-refractivity contribution is -0.141. The molecule has 0 amide bonds.